The molecule has 0 amide bonds. The molecule has 0 aromatic rings. The van der Waals surface area contributed by atoms with Gasteiger partial charge >= 0.3 is 5.97 Å². The molecule has 56 heavy (non-hydrogen) atoms. The standard InChI is InChI=1S/C47H76O9/c1-3-5-7-9-11-13-15-17-19-20-21-23-25-27-29-31-33-35-37-53-39-41(40-54-47-46(52)45(51)44(50)42(38-48)56-47)55-43(49)36-34-32-30-28-26-24-22-18-16-14-12-10-8-6-4-2/h5-8,11-14,17-19,21-23,27,29,41-42,44-48,50-52H,3-4,9-10,15-16,20,24-26,28,30-40H2,1-2H3/b7-5-,8-6-,13-11-,14-12-,19-17-,22-18-,23-21-,29-27-. The molecule has 318 valence electrons. The van der Waals surface area contributed by atoms with Crippen molar-refractivity contribution in [3.8, 4) is 0 Å². The van der Waals surface area contributed by atoms with Crippen LogP contribution in [-0.4, -0.2) is 89.6 Å². The van der Waals surface area contributed by atoms with E-state index < -0.39 is 43.4 Å². The normalized spacial score (nSPS) is 21.6. The van der Waals surface area contributed by atoms with Gasteiger partial charge in [-0.05, 0) is 89.9 Å². The fraction of sp³-hybridized carbons (Fsp3) is 0.638. The number of rotatable bonds is 34. The van der Waals surface area contributed by atoms with Gasteiger partial charge in [0.2, 0.25) is 0 Å². The Hall–Kier alpha value is -2.89. The Morgan fingerprint density at radius 1 is 0.571 bits per heavy atom. The first-order valence-corrected chi connectivity index (χ1v) is 21.3. The summed E-state index contributed by atoms with van der Waals surface area (Å²) >= 11 is 0. The van der Waals surface area contributed by atoms with Crippen LogP contribution >= 0.6 is 0 Å². The first-order valence-electron chi connectivity index (χ1n) is 21.3. The van der Waals surface area contributed by atoms with E-state index in [-0.39, 0.29) is 25.6 Å². The number of hydrogen-bond acceptors (Lipinski definition) is 9. The summed E-state index contributed by atoms with van der Waals surface area (Å²) in [7, 11) is 0. The van der Waals surface area contributed by atoms with Crippen molar-refractivity contribution >= 4 is 5.97 Å². The fourth-order valence-corrected chi connectivity index (χ4v) is 5.71. The molecule has 1 rings (SSSR count). The van der Waals surface area contributed by atoms with Crippen LogP contribution in [0.2, 0.25) is 0 Å². The van der Waals surface area contributed by atoms with E-state index in [4.69, 9.17) is 18.9 Å². The van der Waals surface area contributed by atoms with Gasteiger partial charge in [0, 0.05) is 13.0 Å². The van der Waals surface area contributed by atoms with Crippen LogP contribution in [0.4, 0.5) is 0 Å². The summed E-state index contributed by atoms with van der Waals surface area (Å²) in [6, 6.07) is 0. The molecule has 6 atom stereocenters. The van der Waals surface area contributed by atoms with Gasteiger partial charge < -0.3 is 39.4 Å². The van der Waals surface area contributed by atoms with E-state index in [2.05, 4.69) is 111 Å². The third-order valence-corrected chi connectivity index (χ3v) is 9.00. The summed E-state index contributed by atoms with van der Waals surface area (Å²) in [4.78, 5) is 12.7. The maximum Gasteiger partial charge on any atom is 0.306 e. The second-order valence-corrected chi connectivity index (χ2v) is 14.0. The van der Waals surface area contributed by atoms with Gasteiger partial charge in [-0.25, -0.2) is 0 Å². The van der Waals surface area contributed by atoms with E-state index in [9.17, 15) is 25.2 Å². The highest BCUT2D eigenvalue weighted by atomic mass is 16.7. The molecule has 9 nitrogen and oxygen atoms in total. The van der Waals surface area contributed by atoms with Gasteiger partial charge in [-0.15, -0.1) is 0 Å². The predicted molar refractivity (Wildman–Crippen MR) is 228 cm³/mol. The van der Waals surface area contributed by atoms with Gasteiger partial charge in [0.25, 0.3) is 0 Å². The monoisotopic (exact) mass is 785 g/mol. The Balaban J connectivity index is 2.35. The molecule has 0 bridgehead atoms. The van der Waals surface area contributed by atoms with Crippen LogP contribution in [0.3, 0.4) is 0 Å². The average Bonchev–Trinajstić information content (AvgIpc) is 3.20. The Morgan fingerprint density at radius 3 is 1.55 bits per heavy atom. The first kappa shape index (κ1) is 51.1. The Kier molecular flexibility index (Phi) is 34.4. The lowest BCUT2D eigenvalue weighted by atomic mass is 9.99. The van der Waals surface area contributed by atoms with E-state index >= 15 is 0 Å². The van der Waals surface area contributed by atoms with E-state index in [1.807, 2.05) is 0 Å². The molecule has 0 aromatic carbocycles. The van der Waals surface area contributed by atoms with Crippen molar-refractivity contribution in [1.29, 1.82) is 0 Å². The van der Waals surface area contributed by atoms with Crippen molar-refractivity contribution < 1.29 is 44.2 Å². The van der Waals surface area contributed by atoms with Crippen LogP contribution in [0.5, 0.6) is 0 Å². The molecular formula is C47H76O9. The van der Waals surface area contributed by atoms with Crippen molar-refractivity contribution in [2.45, 2.75) is 166 Å². The summed E-state index contributed by atoms with van der Waals surface area (Å²) in [5.74, 6) is -0.351. The van der Waals surface area contributed by atoms with Gasteiger partial charge in [0.1, 0.15) is 30.5 Å². The maximum atomic E-state index is 12.7. The fourth-order valence-electron chi connectivity index (χ4n) is 5.71. The highest BCUT2D eigenvalue weighted by Crippen LogP contribution is 2.22. The largest absolute Gasteiger partial charge is 0.457 e. The number of hydrogen-bond donors (Lipinski definition) is 4. The lowest BCUT2D eigenvalue weighted by Gasteiger charge is -2.39. The minimum atomic E-state index is -1.55. The molecule has 9 heteroatoms. The second-order valence-electron chi connectivity index (χ2n) is 14.0. The van der Waals surface area contributed by atoms with Crippen molar-refractivity contribution in [2.24, 2.45) is 0 Å². The zero-order valence-electron chi connectivity index (χ0n) is 34.6. The predicted octanol–water partition coefficient (Wildman–Crippen LogP) is 9.24. The summed E-state index contributed by atoms with van der Waals surface area (Å²) in [5, 5.41) is 40.1. The highest BCUT2D eigenvalue weighted by molar-refractivity contribution is 5.69. The van der Waals surface area contributed by atoms with Crippen LogP contribution in [0.1, 0.15) is 129 Å². The van der Waals surface area contributed by atoms with Gasteiger partial charge in [-0.3, -0.25) is 4.79 Å². The molecule has 6 unspecified atom stereocenters. The first-order chi connectivity index (χ1) is 27.4. The zero-order valence-corrected chi connectivity index (χ0v) is 34.6. The van der Waals surface area contributed by atoms with Crippen LogP contribution in [0, 0.1) is 0 Å². The Morgan fingerprint density at radius 2 is 1.04 bits per heavy atom. The molecule has 0 aromatic heterocycles. The number of ether oxygens (including phenoxy) is 4. The quantitative estimate of drug-likeness (QED) is 0.0286. The molecule has 1 heterocycles. The maximum absolute atomic E-state index is 12.7. The van der Waals surface area contributed by atoms with Gasteiger partial charge in [-0.1, -0.05) is 130 Å². The van der Waals surface area contributed by atoms with Crippen molar-refractivity contribution in [3.05, 3.63) is 97.2 Å². The Bertz CT molecular complexity index is 1170. The van der Waals surface area contributed by atoms with E-state index in [0.29, 0.717) is 6.61 Å². The molecule has 4 N–H and O–H groups in total. The average molecular weight is 785 g/mol. The number of allylic oxidation sites excluding steroid dienone is 16. The third kappa shape index (κ3) is 28.5. The summed E-state index contributed by atoms with van der Waals surface area (Å²) in [5.41, 5.74) is 0. The van der Waals surface area contributed by atoms with Crippen LogP contribution in [0.25, 0.3) is 0 Å². The molecule has 0 saturated carbocycles. The van der Waals surface area contributed by atoms with Gasteiger partial charge in [-0.2, -0.15) is 0 Å². The number of aliphatic hydroxyl groups excluding tert-OH is 4. The van der Waals surface area contributed by atoms with Gasteiger partial charge in [0.05, 0.1) is 19.8 Å². The summed E-state index contributed by atoms with van der Waals surface area (Å²) in [6.07, 6.45) is 44.3. The van der Waals surface area contributed by atoms with Crippen LogP contribution in [-0.2, 0) is 23.7 Å². The molecule has 1 aliphatic rings. The highest BCUT2D eigenvalue weighted by Gasteiger charge is 2.44. The number of carbonyl (C=O) groups is 1. The summed E-state index contributed by atoms with van der Waals surface area (Å²) in [6.45, 7) is 4.17. The molecule has 1 saturated heterocycles. The van der Waals surface area contributed by atoms with Gasteiger partial charge in [0.15, 0.2) is 6.29 Å². The van der Waals surface area contributed by atoms with Crippen LogP contribution in [0.15, 0.2) is 97.2 Å². The molecule has 0 aliphatic carbocycles. The van der Waals surface area contributed by atoms with E-state index in [1.54, 1.807) is 0 Å². The number of unbranched alkanes of at least 4 members (excludes halogenated alkanes) is 7. The van der Waals surface area contributed by atoms with E-state index in [1.165, 1.54) is 0 Å². The smallest absolute Gasteiger partial charge is 0.306 e. The third-order valence-electron chi connectivity index (χ3n) is 9.00. The lowest BCUT2D eigenvalue weighted by Crippen LogP contribution is -2.59. The SMILES string of the molecule is CC/C=C\C/C=C\C/C=C\C/C=C\C/C=C\CCCCOCC(COC1OC(CO)C(O)C(O)C1O)OC(=O)CCCCCCC/C=C\C/C=C\C/C=C\CC. The molecule has 1 fully saturated rings. The van der Waals surface area contributed by atoms with E-state index in [0.717, 1.165) is 109 Å². The second kappa shape index (κ2) is 37.7. The van der Waals surface area contributed by atoms with Crippen molar-refractivity contribution in [1.82, 2.24) is 0 Å². The molecule has 0 spiro atoms. The minimum absolute atomic E-state index is 0.101. The number of carbonyl (C=O) groups excluding carboxylic acids is 1. The van der Waals surface area contributed by atoms with Crippen molar-refractivity contribution in [2.75, 3.05) is 26.4 Å². The lowest BCUT2D eigenvalue weighted by molar-refractivity contribution is -0.305. The number of esters is 1. The minimum Gasteiger partial charge on any atom is -0.457 e. The molecule has 0 radical (unpaired) electrons. The van der Waals surface area contributed by atoms with Crippen LogP contribution < -0.4 is 0 Å². The topological polar surface area (TPSA) is 135 Å². The molecule has 1 aliphatic heterocycles. The number of aliphatic hydroxyl groups is 4. The summed E-state index contributed by atoms with van der Waals surface area (Å²) < 4.78 is 22.7. The Labute approximate surface area is 339 Å². The zero-order chi connectivity index (χ0) is 40.7. The van der Waals surface area contributed by atoms with Crippen molar-refractivity contribution in [3.63, 3.8) is 0 Å². The molecular weight excluding hydrogens is 709 g/mol.